The highest BCUT2D eigenvalue weighted by Gasteiger charge is 2.59. The first-order valence-corrected chi connectivity index (χ1v) is 33.4. The third-order valence-corrected chi connectivity index (χ3v) is 21.4. The number of benzene rings is 3. The predicted octanol–water partition coefficient (Wildman–Crippen LogP) is 15.3. The van der Waals surface area contributed by atoms with E-state index in [9.17, 15) is 10.1 Å². The van der Waals surface area contributed by atoms with E-state index < -0.39 is 20.2 Å². The third kappa shape index (κ3) is 18.3. The van der Waals surface area contributed by atoms with Gasteiger partial charge in [-0.25, -0.2) is 9.46 Å². The Balaban J connectivity index is 0.814. The molecular weight excluding hydrogens is 1090 g/mol. The van der Waals surface area contributed by atoms with Gasteiger partial charge >= 0.3 is 6.09 Å². The Hall–Kier alpha value is -4.13. The molecule has 4 aliphatic carbocycles. The summed E-state index contributed by atoms with van der Waals surface area (Å²) in [5.74, 6) is 6.35. The van der Waals surface area contributed by atoms with Crippen molar-refractivity contribution in [2.24, 2.45) is 46.3 Å². The van der Waals surface area contributed by atoms with E-state index in [1.165, 1.54) is 51.4 Å². The lowest BCUT2D eigenvalue weighted by Gasteiger charge is -2.58. The monoisotopic (exact) mass is 1200 g/mol. The van der Waals surface area contributed by atoms with Gasteiger partial charge in [0, 0.05) is 31.7 Å². The van der Waals surface area contributed by atoms with Gasteiger partial charge in [0.05, 0.1) is 86.2 Å². The molecule has 3 fully saturated rings. The molecule has 472 valence electrons. The fourth-order valence-corrected chi connectivity index (χ4v) is 16.7. The molecule has 14 nitrogen and oxygen atoms in total. The number of amides is 1. The van der Waals surface area contributed by atoms with Gasteiger partial charge in [-0.05, 0) is 166 Å². The number of nitrogens with one attached hydrogen (secondary N) is 1. The molecule has 10 unspecified atom stereocenters. The van der Waals surface area contributed by atoms with Crippen molar-refractivity contribution in [3.05, 3.63) is 107 Å². The molecule has 0 aromatic heterocycles. The predicted molar refractivity (Wildman–Crippen MR) is 338 cm³/mol. The molecule has 0 heterocycles. The van der Waals surface area contributed by atoms with Crippen molar-refractivity contribution in [3.63, 3.8) is 0 Å². The number of ether oxygens (including phenoxy) is 8. The first kappa shape index (κ1) is 68.4. The van der Waals surface area contributed by atoms with Crippen LogP contribution < -0.4 is 14.8 Å². The second-order valence-corrected chi connectivity index (χ2v) is 27.2. The number of methoxy groups -OCH3 is 2. The quantitative estimate of drug-likeness (QED) is 0.0253. The van der Waals surface area contributed by atoms with Crippen molar-refractivity contribution in [1.29, 1.82) is 5.26 Å². The van der Waals surface area contributed by atoms with Gasteiger partial charge in [-0.1, -0.05) is 120 Å². The number of alkyl carbamates (subject to hydrolysis) is 1. The van der Waals surface area contributed by atoms with Crippen molar-refractivity contribution in [2.45, 2.75) is 176 Å². The van der Waals surface area contributed by atoms with Crippen LogP contribution in [0.3, 0.4) is 0 Å². The zero-order valence-corrected chi connectivity index (χ0v) is 54.6. The van der Waals surface area contributed by atoms with Crippen LogP contribution in [0.2, 0.25) is 0 Å². The molecule has 3 saturated carbocycles. The van der Waals surface area contributed by atoms with E-state index in [2.05, 4.69) is 96.6 Å². The largest absolute Gasteiger partial charge is 0.497 e. The highest BCUT2D eigenvalue weighted by atomic mass is 31.2. The Bertz CT molecular complexity index is 2440. The van der Waals surface area contributed by atoms with E-state index in [0.717, 1.165) is 83.0 Å². The van der Waals surface area contributed by atoms with E-state index in [4.69, 9.17) is 46.9 Å². The van der Waals surface area contributed by atoms with Gasteiger partial charge in [-0.2, -0.15) is 5.26 Å². The van der Waals surface area contributed by atoms with E-state index >= 15 is 0 Å². The van der Waals surface area contributed by atoms with E-state index in [1.807, 2.05) is 66.7 Å². The summed E-state index contributed by atoms with van der Waals surface area (Å²) in [6.07, 6.45) is 16.3. The van der Waals surface area contributed by atoms with Crippen molar-refractivity contribution in [2.75, 3.05) is 86.8 Å². The summed E-state index contributed by atoms with van der Waals surface area (Å²) in [7, 11) is 1.68. The summed E-state index contributed by atoms with van der Waals surface area (Å²) in [4.78, 5) is 13.0. The minimum Gasteiger partial charge on any atom is -0.497 e. The maximum absolute atomic E-state index is 13.0. The van der Waals surface area contributed by atoms with Crippen LogP contribution >= 0.6 is 8.53 Å². The molecule has 85 heavy (non-hydrogen) atoms. The number of fused-ring (bicyclic) bond motifs is 5. The van der Waals surface area contributed by atoms with Gasteiger partial charge in [0.15, 0.2) is 0 Å². The lowest BCUT2D eigenvalue weighted by molar-refractivity contribution is -0.0655. The number of carbonyl (C=O) groups is 1. The summed E-state index contributed by atoms with van der Waals surface area (Å²) < 4.78 is 63.9. The Labute approximate surface area is 513 Å². The fourth-order valence-electron chi connectivity index (χ4n) is 15.0. The van der Waals surface area contributed by atoms with Crippen molar-refractivity contribution >= 4 is 14.6 Å². The van der Waals surface area contributed by atoms with Crippen molar-refractivity contribution in [1.82, 2.24) is 9.99 Å². The molecule has 15 heteroatoms. The van der Waals surface area contributed by atoms with Gasteiger partial charge in [0.2, 0.25) is 0 Å². The summed E-state index contributed by atoms with van der Waals surface area (Å²) in [5.41, 5.74) is 3.91. The van der Waals surface area contributed by atoms with E-state index in [-0.39, 0.29) is 55.9 Å². The average molecular weight is 1200 g/mol. The summed E-state index contributed by atoms with van der Waals surface area (Å²) in [5, 5.41) is 12.4. The molecule has 0 radical (unpaired) electrons. The minimum atomic E-state index is -1.63. The third-order valence-electron chi connectivity index (χ3n) is 19.2. The van der Waals surface area contributed by atoms with Gasteiger partial charge in [-0.3, -0.25) is 0 Å². The Morgan fingerprint density at radius 3 is 1.92 bits per heavy atom. The Kier molecular flexibility index (Phi) is 27.4. The SMILES string of the molecule is COc1ccc(C(OCC(COCCOCCOCCOCCCNC(=O)OC2CCC3(C)C(=CCC4C3CCC3(C)C(C(C)CCCC(C)C)CCC43)C2)OP(OCCC#N)N(C(C)C)C(C)C)(c2ccccc2)c2ccc(OC)cc2)cc1. The molecule has 0 bridgehead atoms. The standard InChI is InChI=1S/C70H106N3O11P/c1-51(2)18-15-19-54(7)64-32-33-65-63-31-26-58-48-61(34-36-68(58,8)66(63)35-37-69(64,65)9)83-67(74)72-39-17-40-77-42-43-78-44-45-79-46-47-80-49-62(84-85(82-41-16-38-71)73(52(3)4)53(5)6)50-81-70(55-20-13-12-14-21-55,56-22-27-59(75-10)28-23-56)57-24-29-60(76-11)30-25-57/h12-14,20-30,51-54,61-66H,15-19,31-37,39-50H2,1-11H3,(H,72,74). The number of nitriles is 1. The molecule has 0 aliphatic heterocycles. The molecule has 1 amide bonds. The normalized spacial score (nSPS) is 24.1. The molecule has 3 aromatic carbocycles. The number of rotatable bonds is 37. The lowest BCUT2D eigenvalue weighted by atomic mass is 9.47. The number of hydrogen-bond acceptors (Lipinski definition) is 13. The highest BCUT2D eigenvalue weighted by molar-refractivity contribution is 7.44. The zero-order chi connectivity index (χ0) is 60.8. The maximum Gasteiger partial charge on any atom is 0.407 e. The topological polar surface area (TPSA) is 148 Å². The second-order valence-electron chi connectivity index (χ2n) is 25.8. The van der Waals surface area contributed by atoms with Crippen molar-refractivity contribution < 1.29 is 51.7 Å². The smallest absolute Gasteiger partial charge is 0.407 e. The Morgan fingerprint density at radius 2 is 1.32 bits per heavy atom. The van der Waals surface area contributed by atoms with Crippen LogP contribution in [-0.2, 0) is 43.1 Å². The van der Waals surface area contributed by atoms with Gasteiger partial charge in [0.25, 0.3) is 8.53 Å². The zero-order valence-electron chi connectivity index (χ0n) is 53.7. The van der Waals surface area contributed by atoms with Gasteiger partial charge < -0.3 is 52.3 Å². The molecule has 4 aliphatic rings. The number of nitrogens with zero attached hydrogens (tertiary/aromatic N) is 2. The first-order chi connectivity index (χ1) is 41.1. The van der Waals surface area contributed by atoms with Gasteiger partial charge in [0.1, 0.15) is 29.3 Å². The van der Waals surface area contributed by atoms with Crippen LogP contribution in [0.25, 0.3) is 0 Å². The van der Waals surface area contributed by atoms with E-state index in [0.29, 0.717) is 64.6 Å². The summed E-state index contributed by atoms with van der Waals surface area (Å²) >= 11 is 0. The second kappa shape index (κ2) is 34.0. The van der Waals surface area contributed by atoms with E-state index in [1.54, 1.807) is 19.8 Å². The highest BCUT2D eigenvalue weighted by Crippen LogP contribution is 2.67. The summed E-state index contributed by atoms with van der Waals surface area (Å²) in [6.45, 7) is 24.9. The number of allylic oxidation sites excluding steroid dienone is 1. The van der Waals surface area contributed by atoms with Crippen LogP contribution in [0, 0.1) is 57.7 Å². The molecule has 0 saturated heterocycles. The van der Waals surface area contributed by atoms with Crippen LogP contribution in [-0.4, -0.2) is 122 Å². The summed E-state index contributed by atoms with van der Waals surface area (Å²) in [6, 6.07) is 28.4. The minimum absolute atomic E-state index is 0.0632. The fraction of sp³-hybridized carbons (Fsp3) is 0.686. The van der Waals surface area contributed by atoms with Gasteiger partial charge in [-0.15, -0.1) is 0 Å². The molecule has 3 aromatic rings. The van der Waals surface area contributed by atoms with Crippen LogP contribution in [0.15, 0.2) is 90.5 Å². The molecule has 0 spiro atoms. The first-order valence-electron chi connectivity index (χ1n) is 32.3. The lowest BCUT2D eigenvalue weighted by Crippen LogP contribution is -2.51. The number of hydrogen-bond donors (Lipinski definition) is 1. The molecular formula is C70H106N3O11P. The molecule has 7 rings (SSSR count). The average Bonchev–Trinajstić information content (AvgIpc) is 3.68. The Morgan fingerprint density at radius 1 is 0.706 bits per heavy atom. The van der Waals surface area contributed by atoms with Crippen LogP contribution in [0.4, 0.5) is 4.79 Å². The molecule has 1 N–H and O–H groups in total. The number of carbonyl (C=O) groups excluding carboxylic acids is 1. The van der Waals surface area contributed by atoms with Crippen LogP contribution in [0.5, 0.6) is 11.5 Å². The maximum atomic E-state index is 13.0. The molecule has 10 atom stereocenters. The van der Waals surface area contributed by atoms with Crippen molar-refractivity contribution in [3.8, 4) is 17.6 Å². The van der Waals surface area contributed by atoms with Crippen LogP contribution in [0.1, 0.15) is 162 Å².